The average molecular weight is 311 g/mol. The minimum absolute atomic E-state index is 0.268. The van der Waals surface area contributed by atoms with Gasteiger partial charge < -0.3 is 5.43 Å². The molecule has 1 aromatic carbocycles. The molecule has 0 saturated carbocycles. The van der Waals surface area contributed by atoms with Gasteiger partial charge in [-0.1, -0.05) is 37.0 Å². The van der Waals surface area contributed by atoms with Crippen LogP contribution in [0.25, 0.3) is 11.4 Å². The van der Waals surface area contributed by atoms with Gasteiger partial charge >= 0.3 is 0 Å². The van der Waals surface area contributed by atoms with Gasteiger partial charge in [-0.2, -0.15) is 0 Å². The van der Waals surface area contributed by atoms with Crippen LogP contribution in [-0.2, 0) is 0 Å². The summed E-state index contributed by atoms with van der Waals surface area (Å²) in [7, 11) is 0. The van der Waals surface area contributed by atoms with Gasteiger partial charge in [-0.3, -0.25) is 0 Å². The molecule has 0 aliphatic heterocycles. The van der Waals surface area contributed by atoms with Gasteiger partial charge in [0.2, 0.25) is 0 Å². The number of hydrogen-bond acceptors (Lipinski definition) is 4. The van der Waals surface area contributed by atoms with Gasteiger partial charge in [-0.15, -0.1) is 0 Å². The largest absolute Gasteiger partial charge is 0.308 e. The minimum Gasteiger partial charge on any atom is -0.308 e. The molecule has 0 saturated heterocycles. The lowest BCUT2D eigenvalue weighted by Crippen LogP contribution is -2.14. The van der Waals surface area contributed by atoms with Crippen molar-refractivity contribution < 1.29 is 0 Å². The number of aryl methyl sites for hydroxylation is 1. The fourth-order valence-corrected chi connectivity index (χ4v) is 2.55. The van der Waals surface area contributed by atoms with Gasteiger partial charge in [0, 0.05) is 21.8 Å². The van der Waals surface area contributed by atoms with Crippen LogP contribution in [0, 0.1) is 6.92 Å². The van der Waals surface area contributed by atoms with E-state index >= 15 is 0 Å². The van der Waals surface area contributed by atoms with Crippen molar-refractivity contribution in [1.82, 2.24) is 9.97 Å². The molecule has 0 atom stereocenters. The number of anilines is 1. The molecule has 2 aromatic rings. The Morgan fingerprint density at radius 2 is 1.90 bits per heavy atom. The Morgan fingerprint density at radius 1 is 1.20 bits per heavy atom. The van der Waals surface area contributed by atoms with E-state index in [4.69, 9.17) is 29.0 Å². The molecular formula is C14H16Cl2N4. The van der Waals surface area contributed by atoms with Crippen molar-refractivity contribution in [2.75, 3.05) is 5.43 Å². The van der Waals surface area contributed by atoms with Crippen LogP contribution in [0.1, 0.15) is 31.0 Å². The summed E-state index contributed by atoms with van der Waals surface area (Å²) >= 11 is 12.2. The standard InChI is InChI=1S/C14H16Cl2N4/c1-7(2)12-8(3)18-13(19-14(12)20-17)10-6-9(15)4-5-11(10)16/h4-7H,17H2,1-3H3,(H,18,19,20). The number of hydrazine groups is 1. The van der Waals surface area contributed by atoms with E-state index in [0.29, 0.717) is 27.3 Å². The van der Waals surface area contributed by atoms with Crippen molar-refractivity contribution >= 4 is 29.0 Å². The highest BCUT2D eigenvalue weighted by Gasteiger charge is 2.16. The molecule has 0 spiro atoms. The maximum absolute atomic E-state index is 6.19. The first kappa shape index (κ1) is 15.0. The summed E-state index contributed by atoms with van der Waals surface area (Å²) in [4.78, 5) is 8.98. The Morgan fingerprint density at radius 3 is 2.50 bits per heavy atom. The molecule has 20 heavy (non-hydrogen) atoms. The smallest absolute Gasteiger partial charge is 0.163 e. The zero-order valence-electron chi connectivity index (χ0n) is 11.5. The van der Waals surface area contributed by atoms with Crippen LogP contribution >= 0.6 is 23.2 Å². The normalized spacial score (nSPS) is 10.9. The predicted molar refractivity (Wildman–Crippen MR) is 84.1 cm³/mol. The van der Waals surface area contributed by atoms with Crippen molar-refractivity contribution in [3.05, 3.63) is 39.5 Å². The number of nitrogens with two attached hydrogens (primary N) is 1. The third-order valence-electron chi connectivity index (χ3n) is 3.02. The summed E-state index contributed by atoms with van der Waals surface area (Å²) in [6, 6.07) is 5.20. The van der Waals surface area contributed by atoms with E-state index in [1.54, 1.807) is 18.2 Å². The number of aromatic nitrogens is 2. The van der Waals surface area contributed by atoms with Gasteiger partial charge in [0.05, 0.1) is 5.02 Å². The molecule has 0 fully saturated rings. The molecule has 0 aliphatic carbocycles. The second-order valence-electron chi connectivity index (χ2n) is 4.82. The molecule has 1 heterocycles. The number of halogens is 2. The van der Waals surface area contributed by atoms with Crippen LogP contribution in [0.3, 0.4) is 0 Å². The fourth-order valence-electron chi connectivity index (χ4n) is 2.17. The first-order valence-electron chi connectivity index (χ1n) is 6.24. The molecular weight excluding hydrogens is 295 g/mol. The van der Waals surface area contributed by atoms with E-state index in [1.165, 1.54) is 0 Å². The first-order chi connectivity index (χ1) is 9.43. The van der Waals surface area contributed by atoms with Crippen LogP contribution in [0.2, 0.25) is 10.0 Å². The van der Waals surface area contributed by atoms with Gasteiger partial charge in [0.25, 0.3) is 0 Å². The summed E-state index contributed by atoms with van der Waals surface area (Å²) in [6.45, 7) is 6.07. The van der Waals surface area contributed by atoms with Crippen LogP contribution in [-0.4, -0.2) is 9.97 Å². The summed E-state index contributed by atoms with van der Waals surface area (Å²) in [5, 5.41) is 1.13. The molecule has 0 bridgehead atoms. The van der Waals surface area contributed by atoms with E-state index in [9.17, 15) is 0 Å². The third kappa shape index (κ3) is 2.87. The maximum Gasteiger partial charge on any atom is 0.163 e. The van der Waals surface area contributed by atoms with E-state index in [1.807, 2.05) is 6.92 Å². The van der Waals surface area contributed by atoms with Gasteiger partial charge in [0.15, 0.2) is 5.82 Å². The Labute approximate surface area is 128 Å². The zero-order chi connectivity index (χ0) is 14.9. The topological polar surface area (TPSA) is 63.8 Å². The fraction of sp³-hybridized carbons (Fsp3) is 0.286. The molecule has 106 valence electrons. The number of benzene rings is 1. The lowest BCUT2D eigenvalue weighted by Gasteiger charge is -2.15. The van der Waals surface area contributed by atoms with Crippen LogP contribution < -0.4 is 11.3 Å². The van der Waals surface area contributed by atoms with Gasteiger partial charge in [0.1, 0.15) is 5.82 Å². The number of nitrogens with one attached hydrogen (secondary N) is 1. The van der Waals surface area contributed by atoms with E-state index in [2.05, 4.69) is 29.2 Å². The lowest BCUT2D eigenvalue weighted by molar-refractivity contribution is 0.832. The predicted octanol–water partition coefficient (Wildman–Crippen LogP) is 4.17. The minimum atomic E-state index is 0.268. The van der Waals surface area contributed by atoms with Crippen LogP contribution in [0.15, 0.2) is 18.2 Å². The second kappa shape index (κ2) is 5.95. The number of nitrogens with zero attached hydrogens (tertiary/aromatic N) is 2. The number of nitrogen functional groups attached to an aromatic ring is 1. The van der Waals surface area contributed by atoms with Crippen molar-refractivity contribution in [3.63, 3.8) is 0 Å². The van der Waals surface area contributed by atoms with E-state index in [-0.39, 0.29) is 5.92 Å². The Balaban J connectivity index is 2.64. The van der Waals surface area contributed by atoms with E-state index in [0.717, 1.165) is 11.3 Å². The summed E-state index contributed by atoms with van der Waals surface area (Å²) in [5.41, 5.74) is 5.19. The van der Waals surface area contributed by atoms with E-state index < -0.39 is 0 Å². The Kier molecular flexibility index (Phi) is 4.48. The van der Waals surface area contributed by atoms with Crippen molar-refractivity contribution in [2.45, 2.75) is 26.7 Å². The highest BCUT2D eigenvalue weighted by atomic mass is 35.5. The van der Waals surface area contributed by atoms with Crippen LogP contribution in [0.5, 0.6) is 0 Å². The monoisotopic (exact) mass is 310 g/mol. The highest BCUT2D eigenvalue weighted by Crippen LogP contribution is 2.32. The molecule has 0 radical (unpaired) electrons. The first-order valence-corrected chi connectivity index (χ1v) is 7.00. The van der Waals surface area contributed by atoms with Gasteiger partial charge in [-0.05, 0) is 31.0 Å². The number of hydrogen-bond donors (Lipinski definition) is 2. The highest BCUT2D eigenvalue weighted by molar-refractivity contribution is 6.35. The lowest BCUT2D eigenvalue weighted by atomic mass is 10.0. The van der Waals surface area contributed by atoms with Crippen molar-refractivity contribution in [2.24, 2.45) is 5.84 Å². The molecule has 4 nitrogen and oxygen atoms in total. The molecule has 2 rings (SSSR count). The summed E-state index contributed by atoms with van der Waals surface area (Å²) in [6.07, 6.45) is 0. The maximum atomic E-state index is 6.19. The molecule has 1 aromatic heterocycles. The summed E-state index contributed by atoms with van der Waals surface area (Å²) < 4.78 is 0. The molecule has 6 heteroatoms. The van der Waals surface area contributed by atoms with Gasteiger partial charge in [-0.25, -0.2) is 15.8 Å². The summed E-state index contributed by atoms with van der Waals surface area (Å²) in [5.74, 6) is 6.96. The van der Waals surface area contributed by atoms with Crippen molar-refractivity contribution in [3.8, 4) is 11.4 Å². The molecule has 0 aliphatic rings. The molecule has 3 N–H and O–H groups in total. The Bertz CT molecular complexity index is 641. The average Bonchev–Trinajstić information content (AvgIpc) is 2.40. The second-order valence-corrected chi connectivity index (χ2v) is 5.66. The third-order valence-corrected chi connectivity index (χ3v) is 3.58. The van der Waals surface area contributed by atoms with Crippen molar-refractivity contribution in [1.29, 1.82) is 0 Å². The zero-order valence-corrected chi connectivity index (χ0v) is 13.0. The SMILES string of the molecule is Cc1nc(-c2cc(Cl)ccc2Cl)nc(NN)c1C(C)C. The molecule has 0 unspecified atom stereocenters. The number of rotatable bonds is 3. The Hall–Kier alpha value is -1.36. The molecule has 0 amide bonds. The van der Waals surface area contributed by atoms with Crippen LogP contribution in [0.4, 0.5) is 5.82 Å². The quantitative estimate of drug-likeness (QED) is 0.659.